The fourth-order valence-corrected chi connectivity index (χ4v) is 3.34. The highest BCUT2D eigenvalue weighted by atomic mass is 127. The lowest BCUT2D eigenvalue weighted by atomic mass is 9.79. The highest BCUT2D eigenvalue weighted by molar-refractivity contribution is 14.0. The molecule has 6 nitrogen and oxygen atoms in total. The second-order valence-electron chi connectivity index (χ2n) is 7.49. The summed E-state index contributed by atoms with van der Waals surface area (Å²) >= 11 is 0. The minimum absolute atomic E-state index is 0. The zero-order chi connectivity index (χ0) is 21.7. The number of nitrogens with zero attached hydrogens (tertiary/aromatic N) is 2. The van der Waals surface area contributed by atoms with E-state index in [1.807, 2.05) is 36.4 Å². The summed E-state index contributed by atoms with van der Waals surface area (Å²) in [4.78, 5) is 9.02. The Kier molecular flexibility index (Phi) is 13.2. The first-order chi connectivity index (χ1) is 14.6. The maximum Gasteiger partial charge on any atom is 0.191 e. The standard InChI is InChI=1S/C24H36N4O2.HI/c1-4-24(5-2,13-15-29)19-28-23(25-6-3)27-17-20-10-9-12-22(16-20)30-18-21-11-7-8-14-26-21;/h7-12,14,16,29H,4-6,13,15,17-19H2,1-3H3,(H2,25,27,28);1H. The maximum atomic E-state index is 9.44. The number of nitrogens with one attached hydrogen (secondary N) is 2. The first-order valence-corrected chi connectivity index (χ1v) is 10.9. The van der Waals surface area contributed by atoms with Gasteiger partial charge in [0, 0.05) is 25.9 Å². The van der Waals surface area contributed by atoms with Gasteiger partial charge in [0.15, 0.2) is 5.96 Å². The number of aliphatic imine (C=N–C) groups is 1. The molecule has 0 saturated heterocycles. The van der Waals surface area contributed by atoms with Crippen LogP contribution in [-0.2, 0) is 13.2 Å². The molecule has 1 heterocycles. The molecular formula is C24H37IN4O2. The second-order valence-corrected chi connectivity index (χ2v) is 7.49. The van der Waals surface area contributed by atoms with Crippen molar-refractivity contribution >= 4 is 29.9 Å². The number of aliphatic hydroxyl groups is 1. The summed E-state index contributed by atoms with van der Waals surface area (Å²) in [6, 6.07) is 13.8. The maximum absolute atomic E-state index is 9.44. The Morgan fingerprint density at radius 1 is 1.10 bits per heavy atom. The van der Waals surface area contributed by atoms with Gasteiger partial charge < -0.3 is 20.5 Å². The van der Waals surface area contributed by atoms with E-state index in [1.165, 1.54) is 0 Å². The van der Waals surface area contributed by atoms with Crippen molar-refractivity contribution in [3.05, 3.63) is 59.9 Å². The third kappa shape index (κ3) is 9.43. The lowest BCUT2D eigenvalue weighted by molar-refractivity contribution is 0.169. The SMILES string of the molecule is CCNC(=NCc1cccc(OCc2ccccn2)c1)NCC(CC)(CC)CCO.I. The average molecular weight is 540 g/mol. The molecule has 1 aromatic heterocycles. The van der Waals surface area contributed by atoms with E-state index in [2.05, 4.69) is 42.5 Å². The van der Waals surface area contributed by atoms with Crippen LogP contribution in [0, 0.1) is 5.41 Å². The molecule has 0 aliphatic heterocycles. The highest BCUT2D eigenvalue weighted by Crippen LogP contribution is 2.29. The highest BCUT2D eigenvalue weighted by Gasteiger charge is 2.25. The molecule has 0 fully saturated rings. The molecule has 0 amide bonds. The molecule has 2 rings (SSSR count). The van der Waals surface area contributed by atoms with Crippen molar-refractivity contribution in [1.29, 1.82) is 0 Å². The average Bonchev–Trinajstić information content (AvgIpc) is 2.79. The van der Waals surface area contributed by atoms with Crippen molar-refractivity contribution < 1.29 is 9.84 Å². The summed E-state index contributed by atoms with van der Waals surface area (Å²) in [6.07, 6.45) is 4.60. The van der Waals surface area contributed by atoms with Crippen LogP contribution in [0.2, 0.25) is 0 Å². The molecule has 0 aliphatic carbocycles. The predicted octanol–water partition coefficient (Wildman–Crippen LogP) is 4.52. The Hall–Kier alpha value is -1.87. The van der Waals surface area contributed by atoms with Gasteiger partial charge in [0.1, 0.15) is 12.4 Å². The van der Waals surface area contributed by atoms with Gasteiger partial charge >= 0.3 is 0 Å². The van der Waals surface area contributed by atoms with Crippen molar-refractivity contribution in [3.8, 4) is 5.75 Å². The van der Waals surface area contributed by atoms with Crippen molar-refractivity contribution in [1.82, 2.24) is 15.6 Å². The number of rotatable bonds is 12. The summed E-state index contributed by atoms with van der Waals surface area (Å²) in [7, 11) is 0. The van der Waals surface area contributed by atoms with Gasteiger partial charge in [0.05, 0.1) is 12.2 Å². The smallest absolute Gasteiger partial charge is 0.191 e. The molecule has 0 aliphatic rings. The largest absolute Gasteiger partial charge is 0.487 e. The monoisotopic (exact) mass is 540 g/mol. The minimum atomic E-state index is 0. The molecular weight excluding hydrogens is 503 g/mol. The number of halogens is 1. The van der Waals surface area contributed by atoms with E-state index < -0.39 is 0 Å². The molecule has 0 unspecified atom stereocenters. The molecule has 172 valence electrons. The number of ether oxygens (including phenoxy) is 1. The van der Waals surface area contributed by atoms with E-state index in [4.69, 9.17) is 9.73 Å². The Morgan fingerprint density at radius 3 is 2.55 bits per heavy atom. The van der Waals surface area contributed by atoms with Crippen LogP contribution in [-0.4, -0.2) is 35.7 Å². The Labute approximate surface area is 203 Å². The van der Waals surface area contributed by atoms with E-state index in [-0.39, 0.29) is 36.0 Å². The lowest BCUT2D eigenvalue weighted by Crippen LogP contribution is -2.43. The quantitative estimate of drug-likeness (QED) is 0.210. The number of hydrogen-bond acceptors (Lipinski definition) is 4. The first kappa shape index (κ1) is 27.2. The van der Waals surface area contributed by atoms with Crippen LogP contribution in [0.3, 0.4) is 0 Å². The fraction of sp³-hybridized carbons (Fsp3) is 0.500. The van der Waals surface area contributed by atoms with Gasteiger partial charge in [-0.1, -0.05) is 32.0 Å². The van der Waals surface area contributed by atoms with Crippen LogP contribution in [0.4, 0.5) is 0 Å². The number of pyridine rings is 1. The molecule has 7 heteroatoms. The van der Waals surface area contributed by atoms with Gasteiger partial charge in [-0.15, -0.1) is 24.0 Å². The van der Waals surface area contributed by atoms with Crippen molar-refractivity contribution in [3.63, 3.8) is 0 Å². The van der Waals surface area contributed by atoms with Crippen molar-refractivity contribution in [2.24, 2.45) is 10.4 Å². The summed E-state index contributed by atoms with van der Waals surface area (Å²) < 4.78 is 5.87. The van der Waals surface area contributed by atoms with Crippen LogP contribution >= 0.6 is 24.0 Å². The molecule has 2 aromatic rings. The Bertz CT molecular complexity index is 767. The normalized spacial score (nSPS) is 11.5. The number of aliphatic hydroxyl groups excluding tert-OH is 1. The summed E-state index contributed by atoms with van der Waals surface area (Å²) in [5, 5.41) is 16.2. The van der Waals surface area contributed by atoms with Gasteiger partial charge in [-0.2, -0.15) is 0 Å². The zero-order valence-corrected chi connectivity index (χ0v) is 21.3. The molecule has 0 radical (unpaired) electrons. The summed E-state index contributed by atoms with van der Waals surface area (Å²) in [5.41, 5.74) is 2.07. The van der Waals surface area contributed by atoms with Gasteiger partial charge in [-0.05, 0) is 61.4 Å². The third-order valence-corrected chi connectivity index (χ3v) is 5.55. The van der Waals surface area contributed by atoms with Crippen LogP contribution in [0.1, 0.15) is 51.3 Å². The van der Waals surface area contributed by atoms with Crippen LogP contribution in [0.15, 0.2) is 53.7 Å². The van der Waals surface area contributed by atoms with Crippen LogP contribution < -0.4 is 15.4 Å². The third-order valence-electron chi connectivity index (χ3n) is 5.55. The van der Waals surface area contributed by atoms with E-state index in [0.29, 0.717) is 13.2 Å². The Balaban J connectivity index is 0.00000480. The number of aromatic nitrogens is 1. The molecule has 31 heavy (non-hydrogen) atoms. The topological polar surface area (TPSA) is 78.8 Å². The summed E-state index contributed by atoms with van der Waals surface area (Å²) in [6.45, 7) is 9.22. The van der Waals surface area contributed by atoms with E-state index >= 15 is 0 Å². The summed E-state index contributed by atoms with van der Waals surface area (Å²) in [5.74, 6) is 1.60. The van der Waals surface area contributed by atoms with E-state index in [9.17, 15) is 5.11 Å². The minimum Gasteiger partial charge on any atom is -0.487 e. The van der Waals surface area contributed by atoms with Gasteiger partial charge in [0.25, 0.3) is 0 Å². The van der Waals surface area contributed by atoms with E-state index in [1.54, 1.807) is 6.20 Å². The lowest BCUT2D eigenvalue weighted by Gasteiger charge is -2.32. The van der Waals surface area contributed by atoms with Crippen LogP contribution in [0.5, 0.6) is 5.75 Å². The Morgan fingerprint density at radius 2 is 1.90 bits per heavy atom. The number of benzene rings is 1. The van der Waals surface area contributed by atoms with E-state index in [0.717, 1.165) is 55.3 Å². The molecule has 3 N–H and O–H groups in total. The van der Waals surface area contributed by atoms with Crippen molar-refractivity contribution in [2.75, 3.05) is 19.7 Å². The zero-order valence-electron chi connectivity index (χ0n) is 18.9. The first-order valence-electron chi connectivity index (χ1n) is 10.9. The fourth-order valence-electron chi connectivity index (χ4n) is 3.34. The molecule has 0 saturated carbocycles. The molecule has 1 aromatic carbocycles. The van der Waals surface area contributed by atoms with Crippen molar-refractivity contribution in [2.45, 2.75) is 53.2 Å². The number of guanidine groups is 1. The molecule has 0 atom stereocenters. The molecule has 0 spiro atoms. The van der Waals surface area contributed by atoms with Gasteiger partial charge in [0.2, 0.25) is 0 Å². The number of hydrogen-bond donors (Lipinski definition) is 3. The predicted molar refractivity (Wildman–Crippen MR) is 138 cm³/mol. The molecule has 0 bridgehead atoms. The van der Waals surface area contributed by atoms with Crippen LogP contribution in [0.25, 0.3) is 0 Å². The van der Waals surface area contributed by atoms with Gasteiger partial charge in [-0.25, -0.2) is 4.99 Å². The van der Waals surface area contributed by atoms with Gasteiger partial charge in [-0.3, -0.25) is 4.98 Å². The second kappa shape index (κ2) is 15.0.